The van der Waals surface area contributed by atoms with Crippen molar-refractivity contribution in [2.24, 2.45) is 0 Å². The smallest absolute Gasteiger partial charge is 0.164 e. The van der Waals surface area contributed by atoms with Gasteiger partial charge in [-0.1, -0.05) is 97.1 Å². The summed E-state index contributed by atoms with van der Waals surface area (Å²) in [6.07, 6.45) is 3.81. The zero-order valence-corrected chi connectivity index (χ0v) is 39.7. The Bertz CT molecular complexity index is 4180. The molecule has 0 amide bonds. The number of hydrogen-bond acceptors (Lipinski definition) is 10. The molecule has 0 spiro atoms. The first kappa shape index (κ1) is 42.4. The van der Waals surface area contributed by atoms with Crippen LogP contribution in [0.5, 0.6) is 0 Å². The molecule has 0 aliphatic rings. The molecule has 0 radical (unpaired) electrons. The lowest BCUT2D eigenvalue weighted by Gasteiger charge is -2.18. The van der Waals surface area contributed by atoms with Crippen LogP contribution in [-0.2, 0) is 0 Å². The minimum absolute atomic E-state index is 0.531. The number of aryl methyl sites for hydroxylation is 4. The molecule has 12 heteroatoms. The summed E-state index contributed by atoms with van der Waals surface area (Å²) in [4.78, 5) is 48.3. The Kier molecular flexibility index (Phi) is 10.1. The lowest BCUT2D eigenvalue weighted by molar-refractivity contribution is 0.928. The van der Waals surface area contributed by atoms with Gasteiger partial charge < -0.3 is 9.13 Å². The van der Waals surface area contributed by atoms with Gasteiger partial charge in [-0.05, 0) is 106 Å². The first-order valence-corrected chi connectivity index (χ1v) is 23.7. The van der Waals surface area contributed by atoms with E-state index in [1.165, 1.54) is 0 Å². The topological polar surface area (TPSA) is 139 Å². The standard InChI is InChI=1S/C60H42N12/c1-35-62-36(2)65-58(64-35)41-23-27-53-48(31-41)44-19-11-13-21-51(44)71(53)43-25-26-46(60-69-56(39-15-7-5-8-16-39)68-57(70-60)40-17-9-6-10-18-40)47(33-43)50-34-61-30-29-55(50)72-52-22-14-12-20-45(52)49-32-42(24-28-54(49)72)59-66-37(3)63-38(4)67-59/h5-34H,1-4H3. The van der Waals surface area contributed by atoms with Crippen LogP contribution in [0, 0.1) is 27.7 Å². The maximum atomic E-state index is 5.28. The van der Waals surface area contributed by atoms with Crippen molar-refractivity contribution in [3.8, 4) is 79.4 Å². The monoisotopic (exact) mass is 930 g/mol. The molecule has 0 aliphatic carbocycles. The van der Waals surface area contributed by atoms with Crippen LogP contribution < -0.4 is 0 Å². The van der Waals surface area contributed by atoms with Crippen LogP contribution in [-0.4, -0.2) is 59.0 Å². The molecule has 7 aromatic carbocycles. The van der Waals surface area contributed by atoms with Crippen molar-refractivity contribution in [2.75, 3.05) is 0 Å². The van der Waals surface area contributed by atoms with Crippen LogP contribution in [0.2, 0.25) is 0 Å². The van der Waals surface area contributed by atoms with E-state index in [0.29, 0.717) is 52.4 Å². The van der Waals surface area contributed by atoms with Gasteiger partial charge in [0.15, 0.2) is 29.1 Å². The zero-order valence-electron chi connectivity index (χ0n) is 39.7. The quantitative estimate of drug-likeness (QED) is 0.145. The molecule has 6 heterocycles. The van der Waals surface area contributed by atoms with Crippen LogP contribution in [0.25, 0.3) is 123 Å². The Hall–Kier alpha value is -9.68. The van der Waals surface area contributed by atoms with E-state index in [4.69, 9.17) is 39.9 Å². The lowest BCUT2D eigenvalue weighted by Crippen LogP contribution is -2.04. The number of hydrogen-bond donors (Lipinski definition) is 0. The third-order valence-electron chi connectivity index (χ3n) is 13.1. The highest BCUT2D eigenvalue weighted by molar-refractivity contribution is 6.12. The van der Waals surface area contributed by atoms with Crippen molar-refractivity contribution < 1.29 is 0 Å². The van der Waals surface area contributed by atoms with E-state index in [1.54, 1.807) is 0 Å². The fourth-order valence-corrected chi connectivity index (χ4v) is 10.1. The molecule has 0 bridgehead atoms. The number of para-hydroxylation sites is 2. The van der Waals surface area contributed by atoms with Gasteiger partial charge in [0.25, 0.3) is 0 Å². The predicted molar refractivity (Wildman–Crippen MR) is 285 cm³/mol. The molecule has 0 saturated carbocycles. The summed E-state index contributed by atoms with van der Waals surface area (Å²) in [5.41, 5.74) is 12.2. The van der Waals surface area contributed by atoms with Gasteiger partial charge in [-0.2, -0.15) is 0 Å². The molecule has 6 aromatic heterocycles. The number of benzene rings is 7. The highest BCUT2D eigenvalue weighted by Gasteiger charge is 2.23. The summed E-state index contributed by atoms with van der Waals surface area (Å²) < 4.78 is 4.66. The second-order valence-corrected chi connectivity index (χ2v) is 17.8. The Morgan fingerprint density at radius 2 is 0.764 bits per heavy atom. The van der Waals surface area contributed by atoms with E-state index in [0.717, 1.165) is 93.9 Å². The number of nitrogens with zero attached hydrogens (tertiary/aromatic N) is 12. The van der Waals surface area contributed by atoms with E-state index in [-0.39, 0.29) is 0 Å². The minimum atomic E-state index is 0.531. The summed E-state index contributed by atoms with van der Waals surface area (Å²) in [7, 11) is 0. The second kappa shape index (κ2) is 17.1. The van der Waals surface area contributed by atoms with Gasteiger partial charge in [0.1, 0.15) is 23.3 Å². The average Bonchev–Trinajstić information content (AvgIpc) is 3.93. The number of aromatic nitrogens is 12. The minimum Gasteiger partial charge on any atom is -0.309 e. The van der Waals surface area contributed by atoms with Crippen LogP contribution in [0.3, 0.4) is 0 Å². The summed E-state index contributed by atoms with van der Waals surface area (Å²) in [6.45, 7) is 7.60. The molecule has 0 N–H and O–H groups in total. The first-order valence-electron chi connectivity index (χ1n) is 23.7. The fourth-order valence-electron chi connectivity index (χ4n) is 10.1. The molecule has 13 aromatic rings. The van der Waals surface area contributed by atoms with Crippen LogP contribution >= 0.6 is 0 Å². The van der Waals surface area contributed by atoms with E-state index in [2.05, 4.69) is 128 Å². The summed E-state index contributed by atoms with van der Waals surface area (Å²) in [5, 5.41) is 4.35. The highest BCUT2D eigenvalue weighted by Crippen LogP contribution is 2.42. The molecular formula is C60H42N12. The SMILES string of the molecule is Cc1nc(C)nc(-c2ccc3c(c2)c2ccccc2n3-c2ccc(-c3nc(-c4ccccc4)nc(-c4ccccc4)n3)c(-c3cnccc3-n3c4ccccc4c4cc(-c5nc(C)nc(C)n5)ccc43)c2)n1. The number of pyridine rings is 1. The van der Waals surface area contributed by atoms with E-state index < -0.39 is 0 Å². The van der Waals surface area contributed by atoms with Crippen molar-refractivity contribution in [3.63, 3.8) is 0 Å². The van der Waals surface area contributed by atoms with Gasteiger partial charge in [0.05, 0.1) is 27.8 Å². The third-order valence-corrected chi connectivity index (χ3v) is 13.1. The van der Waals surface area contributed by atoms with Gasteiger partial charge in [-0.15, -0.1) is 0 Å². The molecule has 342 valence electrons. The summed E-state index contributed by atoms with van der Waals surface area (Å²) >= 11 is 0. The van der Waals surface area contributed by atoms with Crippen molar-refractivity contribution >= 4 is 43.6 Å². The maximum absolute atomic E-state index is 5.28. The molecule has 13 rings (SSSR count). The molecular weight excluding hydrogens is 889 g/mol. The first-order chi connectivity index (χ1) is 35.3. The number of fused-ring (bicyclic) bond motifs is 6. The van der Waals surface area contributed by atoms with Gasteiger partial charge >= 0.3 is 0 Å². The van der Waals surface area contributed by atoms with Crippen LogP contribution in [0.15, 0.2) is 182 Å². The molecule has 0 atom stereocenters. The summed E-state index contributed by atoms with van der Waals surface area (Å²) in [6, 6.07) is 58.7. The predicted octanol–water partition coefficient (Wildman–Crippen LogP) is 13.1. The average molecular weight is 931 g/mol. The van der Waals surface area contributed by atoms with Crippen molar-refractivity contribution in [1.82, 2.24) is 59.0 Å². The molecule has 0 saturated heterocycles. The van der Waals surface area contributed by atoms with E-state index in [9.17, 15) is 0 Å². The fraction of sp³-hybridized carbons (Fsp3) is 0.0667. The largest absolute Gasteiger partial charge is 0.309 e. The Labute approximate surface area is 413 Å². The highest BCUT2D eigenvalue weighted by atomic mass is 15.1. The molecule has 0 fully saturated rings. The number of rotatable bonds is 8. The van der Waals surface area contributed by atoms with Crippen molar-refractivity contribution in [2.45, 2.75) is 27.7 Å². The van der Waals surface area contributed by atoms with Gasteiger partial charge in [-0.3, -0.25) is 4.98 Å². The Morgan fingerprint density at radius 3 is 1.32 bits per heavy atom. The molecule has 72 heavy (non-hydrogen) atoms. The van der Waals surface area contributed by atoms with E-state index >= 15 is 0 Å². The lowest BCUT2D eigenvalue weighted by atomic mass is 9.97. The normalized spacial score (nSPS) is 11.6. The summed E-state index contributed by atoms with van der Waals surface area (Å²) in [5.74, 6) is 5.69. The maximum Gasteiger partial charge on any atom is 0.164 e. The van der Waals surface area contributed by atoms with Crippen LogP contribution in [0.4, 0.5) is 0 Å². The second-order valence-electron chi connectivity index (χ2n) is 17.8. The molecule has 0 unspecified atom stereocenters. The van der Waals surface area contributed by atoms with E-state index in [1.807, 2.05) is 101 Å². The van der Waals surface area contributed by atoms with Gasteiger partial charge in [0.2, 0.25) is 0 Å². The van der Waals surface area contributed by atoms with Crippen molar-refractivity contribution in [1.29, 1.82) is 0 Å². The van der Waals surface area contributed by atoms with Crippen molar-refractivity contribution in [3.05, 3.63) is 206 Å². The van der Waals surface area contributed by atoms with Crippen LogP contribution in [0.1, 0.15) is 23.3 Å². The Balaban J connectivity index is 1.08. The van der Waals surface area contributed by atoms with Gasteiger partial charge in [0, 0.05) is 73.0 Å². The van der Waals surface area contributed by atoms with Gasteiger partial charge in [-0.25, -0.2) is 44.9 Å². The molecule has 12 nitrogen and oxygen atoms in total. The third kappa shape index (κ3) is 7.32. The Morgan fingerprint density at radius 1 is 0.306 bits per heavy atom. The molecule has 0 aliphatic heterocycles. The zero-order chi connectivity index (χ0) is 48.5.